The van der Waals surface area contributed by atoms with Gasteiger partial charge in [0.05, 0.1) is 38.5 Å². The van der Waals surface area contributed by atoms with Crippen molar-refractivity contribution in [3.8, 4) is 11.3 Å². The van der Waals surface area contributed by atoms with Crippen molar-refractivity contribution in [1.29, 1.82) is 0 Å². The van der Waals surface area contributed by atoms with E-state index in [-0.39, 0.29) is 45.0 Å². The molecule has 3 fully saturated rings. The molecular formula is C30H24Cl2F3N3O5S. The number of halogens is 5. The molecule has 0 N–H and O–H groups in total. The third-order valence-corrected chi connectivity index (χ3v) is 10.1. The molecule has 7 rings (SSSR count). The van der Waals surface area contributed by atoms with E-state index in [1.807, 2.05) is 4.90 Å². The van der Waals surface area contributed by atoms with Crippen molar-refractivity contribution >= 4 is 61.8 Å². The second kappa shape index (κ2) is 10.9. The summed E-state index contributed by atoms with van der Waals surface area (Å²) in [6.07, 6.45) is -0.903. The van der Waals surface area contributed by atoms with Crippen LogP contribution in [0.25, 0.3) is 21.5 Å². The Morgan fingerprint density at radius 3 is 2.34 bits per heavy atom. The lowest BCUT2D eigenvalue weighted by Crippen LogP contribution is -2.46. The molecule has 4 heterocycles. The van der Waals surface area contributed by atoms with Crippen molar-refractivity contribution in [2.45, 2.75) is 68.8 Å². The molecule has 1 aliphatic carbocycles. The normalized spacial score (nSPS) is 21.6. The molecule has 8 nitrogen and oxygen atoms in total. The molecule has 44 heavy (non-hydrogen) atoms. The Morgan fingerprint density at radius 2 is 1.73 bits per heavy atom. The standard InChI is InChI=1S/C30H24Cl2F3N3O5S/c1-41-27(39)14-9-18(30(33,34)35)24-21(10-14)44-29(36-24)38-15-7-8-16(38)12-17(11-15)42-28(40)23-25(37-43-26(23)13-5-6-13)22-19(31)3-2-4-20(22)32/h2-4,9-10,13,15-17H,5-8,11-12H2,1H3/t15-,16+,17+. The number of alkyl halides is 3. The molecule has 2 bridgehead atoms. The number of ether oxygens (including phenoxy) is 2. The molecule has 230 valence electrons. The molecule has 1 saturated carbocycles. The van der Waals surface area contributed by atoms with Gasteiger partial charge in [-0.15, -0.1) is 0 Å². The molecule has 2 saturated heterocycles. The summed E-state index contributed by atoms with van der Waals surface area (Å²) < 4.78 is 58.5. The van der Waals surface area contributed by atoms with Crippen molar-refractivity contribution in [3.63, 3.8) is 0 Å². The number of methoxy groups -OCH3 is 1. The van der Waals surface area contributed by atoms with Gasteiger partial charge in [-0.25, -0.2) is 14.6 Å². The highest BCUT2D eigenvalue weighted by Crippen LogP contribution is 2.48. The van der Waals surface area contributed by atoms with E-state index in [1.54, 1.807) is 18.2 Å². The number of benzene rings is 2. The van der Waals surface area contributed by atoms with E-state index < -0.39 is 29.8 Å². The number of hydrogen-bond donors (Lipinski definition) is 0. The molecule has 0 unspecified atom stereocenters. The SMILES string of the molecule is COC(=O)c1cc(C(F)(F)F)c2nc(N3[C@@H]4CC[C@H]3C[C@@H](OC(=O)c3c(-c5c(Cl)cccc5Cl)noc3C3CC3)C4)sc2c1. The van der Waals surface area contributed by atoms with Crippen LogP contribution in [-0.2, 0) is 15.7 Å². The van der Waals surface area contributed by atoms with Crippen LogP contribution in [0.5, 0.6) is 0 Å². The predicted molar refractivity (Wildman–Crippen MR) is 158 cm³/mol. The van der Waals surface area contributed by atoms with Gasteiger partial charge in [0.15, 0.2) is 10.9 Å². The van der Waals surface area contributed by atoms with E-state index in [0.717, 1.165) is 50.2 Å². The number of rotatable bonds is 6. The number of carbonyl (C=O) groups is 2. The lowest BCUT2D eigenvalue weighted by molar-refractivity contribution is -0.136. The van der Waals surface area contributed by atoms with Gasteiger partial charge in [0.1, 0.15) is 17.4 Å². The zero-order chi connectivity index (χ0) is 30.9. The maximum atomic E-state index is 14.0. The summed E-state index contributed by atoms with van der Waals surface area (Å²) in [4.78, 5) is 32.3. The summed E-state index contributed by atoms with van der Waals surface area (Å²) in [7, 11) is 1.12. The summed E-state index contributed by atoms with van der Waals surface area (Å²) in [6, 6.07) is 6.99. The predicted octanol–water partition coefficient (Wildman–Crippen LogP) is 8.30. The Hall–Kier alpha value is -3.35. The number of carbonyl (C=O) groups excluding carboxylic acids is 2. The third-order valence-electron chi connectivity index (χ3n) is 8.46. The van der Waals surface area contributed by atoms with Crippen molar-refractivity contribution in [2.24, 2.45) is 0 Å². The van der Waals surface area contributed by atoms with E-state index >= 15 is 0 Å². The Kier molecular flexibility index (Phi) is 7.29. The highest BCUT2D eigenvalue weighted by molar-refractivity contribution is 7.22. The third kappa shape index (κ3) is 5.10. The quantitative estimate of drug-likeness (QED) is 0.190. The van der Waals surface area contributed by atoms with Crippen LogP contribution in [0.2, 0.25) is 10.0 Å². The number of esters is 2. The topological polar surface area (TPSA) is 94.8 Å². The lowest BCUT2D eigenvalue weighted by Gasteiger charge is -2.38. The van der Waals surface area contributed by atoms with Crippen LogP contribution in [0.4, 0.5) is 18.3 Å². The number of hydrogen-bond acceptors (Lipinski definition) is 9. The number of anilines is 1. The largest absolute Gasteiger partial charge is 0.465 e. The minimum Gasteiger partial charge on any atom is -0.465 e. The first kappa shape index (κ1) is 29.4. The van der Waals surface area contributed by atoms with Gasteiger partial charge in [0.2, 0.25) is 0 Å². The monoisotopic (exact) mass is 665 g/mol. The molecule has 2 aromatic heterocycles. The maximum Gasteiger partial charge on any atom is 0.418 e. The van der Waals surface area contributed by atoms with E-state index in [1.165, 1.54) is 6.07 Å². The first-order chi connectivity index (χ1) is 21.0. The van der Waals surface area contributed by atoms with Gasteiger partial charge >= 0.3 is 18.1 Å². The zero-order valence-corrected chi connectivity index (χ0v) is 25.4. The van der Waals surface area contributed by atoms with Crippen molar-refractivity contribution < 1.29 is 36.8 Å². The highest BCUT2D eigenvalue weighted by Gasteiger charge is 2.45. The molecule has 0 radical (unpaired) electrons. The summed E-state index contributed by atoms with van der Waals surface area (Å²) in [5.74, 6) is -0.893. The molecule has 14 heteroatoms. The summed E-state index contributed by atoms with van der Waals surface area (Å²) in [6.45, 7) is 0. The van der Waals surface area contributed by atoms with E-state index in [0.29, 0.717) is 39.3 Å². The lowest BCUT2D eigenvalue weighted by atomic mass is 9.99. The van der Waals surface area contributed by atoms with Crippen LogP contribution >= 0.6 is 34.5 Å². The average molecular weight is 667 g/mol. The van der Waals surface area contributed by atoms with Crippen LogP contribution in [0, 0.1) is 0 Å². The minimum absolute atomic E-state index is 0.0680. The first-order valence-corrected chi connectivity index (χ1v) is 15.6. The smallest absolute Gasteiger partial charge is 0.418 e. The Morgan fingerprint density at radius 1 is 1.05 bits per heavy atom. The fourth-order valence-electron chi connectivity index (χ4n) is 6.34. The van der Waals surface area contributed by atoms with Gasteiger partial charge in [0, 0.05) is 36.4 Å². The number of fused-ring (bicyclic) bond motifs is 3. The molecule has 3 atom stereocenters. The molecule has 4 aromatic rings. The van der Waals surface area contributed by atoms with Crippen LogP contribution in [0.1, 0.15) is 76.5 Å². The van der Waals surface area contributed by atoms with Gasteiger partial charge < -0.3 is 18.9 Å². The maximum absolute atomic E-state index is 14.0. The molecular weight excluding hydrogens is 642 g/mol. The number of nitrogens with zero attached hydrogens (tertiary/aromatic N) is 3. The molecule has 2 aromatic carbocycles. The fourth-order valence-corrected chi connectivity index (χ4v) is 8.10. The molecule has 0 amide bonds. The van der Waals surface area contributed by atoms with Crippen LogP contribution < -0.4 is 4.90 Å². The number of aromatic nitrogens is 2. The zero-order valence-electron chi connectivity index (χ0n) is 23.1. The summed E-state index contributed by atoms with van der Waals surface area (Å²) in [5.41, 5.74) is -0.503. The van der Waals surface area contributed by atoms with Gasteiger partial charge in [-0.1, -0.05) is 45.8 Å². The van der Waals surface area contributed by atoms with Crippen molar-refractivity contribution in [3.05, 3.63) is 62.8 Å². The van der Waals surface area contributed by atoms with Gasteiger partial charge in [0.25, 0.3) is 0 Å². The van der Waals surface area contributed by atoms with Gasteiger partial charge in [-0.3, -0.25) is 0 Å². The molecule has 0 spiro atoms. The fraction of sp³-hybridized carbons (Fsp3) is 0.400. The number of thiazole rings is 1. The van der Waals surface area contributed by atoms with Crippen molar-refractivity contribution in [2.75, 3.05) is 12.0 Å². The Bertz CT molecular complexity index is 1770. The second-order valence-corrected chi connectivity index (χ2v) is 13.1. The minimum atomic E-state index is -4.71. The average Bonchev–Trinajstić information content (AvgIpc) is 3.48. The first-order valence-electron chi connectivity index (χ1n) is 14.1. The molecule has 3 aliphatic rings. The number of piperidine rings is 1. The van der Waals surface area contributed by atoms with Crippen LogP contribution in [-0.4, -0.2) is 47.4 Å². The van der Waals surface area contributed by atoms with Gasteiger partial charge in [-0.05, 0) is 49.9 Å². The van der Waals surface area contributed by atoms with E-state index in [9.17, 15) is 22.8 Å². The second-order valence-electron chi connectivity index (χ2n) is 11.3. The highest BCUT2D eigenvalue weighted by atomic mass is 35.5. The summed E-state index contributed by atoms with van der Waals surface area (Å²) in [5, 5.41) is 5.28. The molecule has 2 aliphatic heterocycles. The summed E-state index contributed by atoms with van der Waals surface area (Å²) >= 11 is 14.0. The van der Waals surface area contributed by atoms with E-state index in [4.69, 9.17) is 32.5 Å². The van der Waals surface area contributed by atoms with Crippen LogP contribution in [0.15, 0.2) is 34.9 Å². The Labute approximate surface area is 263 Å². The van der Waals surface area contributed by atoms with E-state index in [2.05, 4.69) is 14.9 Å². The van der Waals surface area contributed by atoms with Gasteiger partial charge in [-0.2, -0.15) is 13.2 Å². The Balaban J connectivity index is 1.15. The van der Waals surface area contributed by atoms with Crippen molar-refractivity contribution in [1.82, 2.24) is 10.1 Å². The van der Waals surface area contributed by atoms with Crippen LogP contribution in [0.3, 0.4) is 0 Å².